The fraction of sp³-hybridized carbons (Fsp3) is 0.714. The highest BCUT2D eigenvalue weighted by Crippen LogP contribution is 2.36. The molecule has 1 unspecified atom stereocenters. The monoisotopic (exact) mass is 379 g/mol. The molecule has 0 bridgehead atoms. The third-order valence-corrected chi connectivity index (χ3v) is 5.33. The Hall–Kier alpha value is 0.350. The van der Waals surface area contributed by atoms with E-state index < -0.39 is 0 Å². The minimum atomic E-state index is 0.559. The van der Waals surface area contributed by atoms with E-state index in [4.69, 9.17) is 4.74 Å². The second-order valence-corrected chi connectivity index (χ2v) is 7.82. The highest BCUT2D eigenvalue weighted by molar-refractivity contribution is 14.1. The van der Waals surface area contributed by atoms with Crippen molar-refractivity contribution >= 4 is 33.9 Å². The van der Waals surface area contributed by atoms with Crippen LogP contribution in [0.2, 0.25) is 0 Å². The van der Waals surface area contributed by atoms with E-state index in [1.165, 1.54) is 35.0 Å². The van der Waals surface area contributed by atoms with Crippen molar-refractivity contribution in [3.63, 3.8) is 0 Å². The summed E-state index contributed by atoms with van der Waals surface area (Å²) in [6.07, 6.45) is 6.25. The number of fused-ring (bicyclic) bond motifs is 1. The quantitative estimate of drug-likeness (QED) is 0.568. The Morgan fingerprint density at radius 3 is 3.22 bits per heavy atom. The van der Waals surface area contributed by atoms with Crippen molar-refractivity contribution in [1.82, 2.24) is 5.32 Å². The molecule has 0 fully saturated rings. The third kappa shape index (κ3) is 4.18. The number of ether oxygens (including phenoxy) is 1. The van der Waals surface area contributed by atoms with Crippen LogP contribution in [0, 0.1) is 2.88 Å². The third-order valence-electron chi connectivity index (χ3n) is 3.36. The zero-order chi connectivity index (χ0) is 12.8. The lowest BCUT2D eigenvalue weighted by atomic mass is 9.94. The number of halogens is 1. The number of nitrogens with one attached hydrogen (secondary N) is 1. The summed E-state index contributed by atoms with van der Waals surface area (Å²) in [6.45, 7) is 4.92. The molecule has 2 rings (SSSR count). The topological polar surface area (TPSA) is 21.3 Å². The smallest absolute Gasteiger partial charge is 0.0659 e. The van der Waals surface area contributed by atoms with E-state index in [2.05, 4.69) is 40.9 Å². The summed E-state index contributed by atoms with van der Waals surface area (Å²) in [5.74, 6) is 0. The molecule has 1 atom stereocenters. The molecule has 0 aliphatic heterocycles. The van der Waals surface area contributed by atoms with Crippen LogP contribution in [0.25, 0.3) is 0 Å². The molecule has 18 heavy (non-hydrogen) atoms. The van der Waals surface area contributed by atoms with Gasteiger partial charge in [-0.15, -0.1) is 11.3 Å². The molecule has 1 heterocycles. The normalized spacial score (nSPS) is 18.9. The van der Waals surface area contributed by atoms with Crippen LogP contribution < -0.4 is 5.32 Å². The first-order chi connectivity index (χ1) is 8.81. The fourth-order valence-electron chi connectivity index (χ4n) is 2.39. The van der Waals surface area contributed by atoms with Gasteiger partial charge in [0.25, 0.3) is 0 Å². The van der Waals surface area contributed by atoms with Crippen LogP contribution in [0.1, 0.15) is 49.1 Å². The Bertz CT molecular complexity index is 367. The van der Waals surface area contributed by atoms with E-state index in [0.717, 1.165) is 19.8 Å². The minimum Gasteiger partial charge on any atom is -0.380 e. The predicted octanol–water partition coefficient (Wildman–Crippen LogP) is 4.14. The average Bonchev–Trinajstić information content (AvgIpc) is 2.74. The molecule has 102 valence electrons. The van der Waals surface area contributed by atoms with Gasteiger partial charge in [0, 0.05) is 24.1 Å². The zero-order valence-electron chi connectivity index (χ0n) is 11.0. The fourth-order valence-corrected chi connectivity index (χ4v) is 4.51. The predicted molar refractivity (Wildman–Crippen MR) is 86.4 cm³/mol. The van der Waals surface area contributed by atoms with Crippen molar-refractivity contribution < 1.29 is 4.74 Å². The van der Waals surface area contributed by atoms with Gasteiger partial charge < -0.3 is 10.1 Å². The van der Waals surface area contributed by atoms with Crippen LogP contribution in [-0.2, 0) is 11.2 Å². The molecule has 0 aromatic carbocycles. The van der Waals surface area contributed by atoms with Gasteiger partial charge >= 0.3 is 0 Å². The molecule has 1 aromatic rings. The molecule has 1 N–H and O–H groups in total. The van der Waals surface area contributed by atoms with E-state index in [0.29, 0.717) is 6.04 Å². The van der Waals surface area contributed by atoms with Crippen molar-refractivity contribution in [2.45, 2.75) is 45.1 Å². The van der Waals surface area contributed by atoms with Crippen molar-refractivity contribution in [3.05, 3.63) is 19.4 Å². The van der Waals surface area contributed by atoms with E-state index >= 15 is 0 Å². The van der Waals surface area contributed by atoms with E-state index in [9.17, 15) is 0 Å². The number of hydrogen-bond donors (Lipinski definition) is 1. The van der Waals surface area contributed by atoms with Gasteiger partial charge in [-0.2, -0.15) is 0 Å². The van der Waals surface area contributed by atoms with E-state index in [1.54, 1.807) is 10.4 Å². The molecule has 0 amide bonds. The minimum absolute atomic E-state index is 0.559. The molecule has 0 radical (unpaired) electrons. The number of hydrogen-bond acceptors (Lipinski definition) is 3. The SMILES string of the molecule is CCCCOCCNC1CCCc2sc(I)cc21. The van der Waals surface area contributed by atoms with Gasteiger partial charge in [0.15, 0.2) is 0 Å². The summed E-state index contributed by atoms with van der Waals surface area (Å²) in [7, 11) is 0. The lowest BCUT2D eigenvalue weighted by Gasteiger charge is -2.23. The molecule has 1 aliphatic carbocycles. The molecule has 0 saturated heterocycles. The molecular formula is C14H22INOS. The van der Waals surface area contributed by atoms with Crippen LogP contribution in [0.5, 0.6) is 0 Å². The second-order valence-electron chi connectivity index (χ2n) is 4.79. The summed E-state index contributed by atoms with van der Waals surface area (Å²) in [5.41, 5.74) is 1.55. The number of aryl methyl sites for hydroxylation is 1. The van der Waals surface area contributed by atoms with Crippen molar-refractivity contribution in [2.24, 2.45) is 0 Å². The standard InChI is InChI=1S/C14H22INOS/c1-2-3-8-17-9-7-16-12-5-4-6-13-11(12)10-14(15)18-13/h10,12,16H,2-9H2,1H3. The van der Waals surface area contributed by atoms with E-state index in [1.807, 2.05) is 11.3 Å². The van der Waals surface area contributed by atoms with Gasteiger partial charge in [0.2, 0.25) is 0 Å². The Kier molecular flexibility index (Phi) is 6.41. The molecule has 4 heteroatoms. The number of unbranched alkanes of at least 4 members (excludes halogenated alkanes) is 1. The molecule has 0 saturated carbocycles. The van der Waals surface area contributed by atoms with Gasteiger partial charge in [-0.25, -0.2) is 0 Å². The number of thiophene rings is 1. The highest BCUT2D eigenvalue weighted by Gasteiger charge is 2.21. The molecule has 2 nitrogen and oxygen atoms in total. The van der Waals surface area contributed by atoms with Gasteiger partial charge in [0.1, 0.15) is 0 Å². The van der Waals surface area contributed by atoms with Crippen LogP contribution in [0.4, 0.5) is 0 Å². The maximum Gasteiger partial charge on any atom is 0.0659 e. The molecule has 1 aliphatic rings. The zero-order valence-corrected chi connectivity index (χ0v) is 14.0. The number of rotatable bonds is 7. The van der Waals surface area contributed by atoms with E-state index in [-0.39, 0.29) is 0 Å². The largest absolute Gasteiger partial charge is 0.380 e. The molecular weight excluding hydrogens is 357 g/mol. The summed E-state index contributed by atoms with van der Waals surface area (Å²) in [6, 6.07) is 2.92. The van der Waals surface area contributed by atoms with Crippen LogP contribution in [-0.4, -0.2) is 19.8 Å². The van der Waals surface area contributed by atoms with Crippen molar-refractivity contribution in [2.75, 3.05) is 19.8 Å². The molecule has 1 aromatic heterocycles. The average molecular weight is 379 g/mol. The Balaban J connectivity index is 1.74. The first-order valence-corrected chi connectivity index (χ1v) is 8.80. The lowest BCUT2D eigenvalue weighted by molar-refractivity contribution is 0.130. The van der Waals surface area contributed by atoms with Crippen LogP contribution >= 0.6 is 33.9 Å². The lowest BCUT2D eigenvalue weighted by Crippen LogP contribution is -2.27. The summed E-state index contributed by atoms with van der Waals surface area (Å²) < 4.78 is 7.02. The van der Waals surface area contributed by atoms with Gasteiger partial charge in [-0.3, -0.25) is 0 Å². The van der Waals surface area contributed by atoms with Gasteiger partial charge in [0.05, 0.1) is 9.49 Å². The maximum atomic E-state index is 5.60. The first-order valence-electron chi connectivity index (χ1n) is 6.90. The maximum absolute atomic E-state index is 5.60. The highest BCUT2D eigenvalue weighted by atomic mass is 127. The van der Waals surface area contributed by atoms with Crippen LogP contribution in [0.15, 0.2) is 6.07 Å². The molecule has 0 spiro atoms. The van der Waals surface area contributed by atoms with Crippen molar-refractivity contribution in [3.8, 4) is 0 Å². The van der Waals surface area contributed by atoms with Gasteiger partial charge in [-0.1, -0.05) is 13.3 Å². The van der Waals surface area contributed by atoms with Crippen LogP contribution in [0.3, 0.4) is 0 Å². The van der Waals surface area contributed by atoms with Crippen molar-refractivity contribution in [1.29, 1.82) is 0 Å². The van der Waals surface area contributed by atoms with Gasteiger partial charge in [-0.05, 0) is 59.9 Å². The summed E-state index contributed by atoms with van der Waals surface area (Å²) in [5, 5.41) is 3.65. The Labute approximate surface area is 128 Å². The Morgan fingerprint density at radius 2 is 2.39 bits per heavy atom. The second kappa shape index (κ2) is 7.82. The summed E-state index contributed by atoms with van der Waals surface area (Å²) in [4.78, 5) is 1.59. The Morgan fingerprint density at radius 1 is 1.50 bits per heavy atom. The first kappa shape index (κ1) is 14.8. The summed E-state index contributed by atoms with van der Waals surface area (Å²) >= 11 is 4.40.